The van der Waals surface area contributed by atoms with Crippen molar-refractivity contribution in [3.8, 4) is 11.1 Å². The molecule has 7 heteroatoms. The molecule has 0 radical (unpaired) electrons. The number of nitrogens with zero attached hydrogens (tertiary/aromatic N) is 1. The second kappa shape index (κ2) is 9.60. The van der Waals surface area contributed by atoms with Gasteiger partial charge in [-0.3, -0.25) is 14.5 Å². The summed E-state index contributed by atoms with van der Waals surface area (Å²) in [7, 11) is 0. The van der Waals surface area contributed by atoms with Crippen molar-refractivity contribution in [1.29, 1.82) is 0 Å². The fraction of sp³-hybridized carbons (Fsp3) is 0.318. The van der Waals surface area contributed by atoms with Gasteiger partial charge in [-0.05, 0) is 42.0 Å². The molecule has 1 heterocycles. The monoisotopic (exact) mass is 411 g/mol. The Morgan fingerprint density at radius 2 is 1.76 bits per heavy atom. The van der Waals surface area contributed by atoms with Crippen molar-refractivity contribution >= 4 is 29.6 Å². The smallest absolute Gasteiger partial charge is 0.325 e. The number of amides is 4. The lowest BCUT2D eigenvalue weighted by molar-refractivity contribution is -0.132. The molecule has 3 rings (SSSR count). The van der Waals surface area contributed by atoms with E-state index < -0.39 is 12.1 Å². The third-order valence-corrected chi connectivity index (χ3v) is 5.56. The van der Waals surface area contributed by atoms with Gasteiger partial charge in [0.2, 0.25) is 5.91 Å². The van der Waals surface area contributed by atoms with Gasteiger partial charge in [0.15, 0.2) is 0 Å². The predicted octanol–water partition coefficient (Wildman–Crippen LogP) is 3.20. The zero-order valence-corrected chi connectivity index (χ0v) is 17.4. The lowest BCUT2D eigenvalue weighted by atomic mass is 10.0. The molecule has 0 spiro atoms. The highest BCUT2D eigenvalue weighted by Crippen LogP contribution is 2.22. The zero-order chi connectivity index (χ0) is 20.8. The summed E-state index contributed by atoms with van der Waals surface area (Å²) in [6.45, 7) is 1.61. The third kappa shape index (κ3) is 5.17. The minimum absolute atomic E-state index is 0.236. The zero-order valence-electron chi connectivity index (χ0n) is 16.6. The average Bonchev–Trinajstić information content (AvgIpc) is 3.00. The number of nitrogens with one attached hydrogen (secondary N) is 2. The molecule has 1 saturated heterocycles. The van der Waals surface area contributed by atoms with Crippen LogP contribution in [0.4, 0.5) is 4.79 Å². The molecule has 152 valence electrons. The minimum Gasteiger partial charge on any atom is -0.348 e. The first kappa shape index (κ1) is 20.9. The molecule has 29 heavy (non-hydrogen) atoms. The minimum atomic E-state index is -0.536. The van der Waals surface area contributed by atoms with Crippen LogP contribution in [0.2, 0.25) is 0 Å². The molecule has 1 aliphatic heterocycles. The summed E-state index contributed by atoms with van der Waals surface area (Å²) in [6.07, 6.45) is 2.51. The predicted molar refractivity (Wildman–Crippen MR) is 115 cm³/mol. The van der Waals surface area contributed by atoms with Crippen LogP contribution in [0.15, 0.2) is 54.6 Å². The largest absolute Gasteiger partial charge is 0.348 e. The van der Waals surface area contributed by atoms with E-state index in [9.17, 15) is 14.4 Å². The van der Waals surface area contributed by atoms with Crippen LogP contribution in [-0.2, 0) is 9.59 Å². The second-order valence-electron chi connectivity index (χ2n) is 6.99. The fourth-order valence-corrected chi connectivity index (χ4v) is 3.74. The normalized spacial score (nSPS) is 17.2. The maximum Gasteiger partial charge on any atom is 0.325 e. The molecule has 6 nitrogen and oxygen atoms in total. The number of urea groups is 1. The molecule has 2 aromatic carbocycles. The molecular weight excluding hydrogens is 386 g/mol. The van der Waals surface area contributed by atoms with E-state index in [2.05, 4.69) is 10.6 Å². The number of hydrogen-bond acceptors (Lipinski definition) is 4. The van der Waals surface area contributed by atoms with Gasteiger partial charge in [-0.15, -0.1) is 0 Å². The number of carbonyl (C=O) groups is 3. The Hall–Kier alpha value is -2.80. The lowest BCUT2D eigenvalue weighted by Crippen LogP contribution is -2.41. The van der Waals surface area contributed by atoms with Gasteiger partial charge in [0.1, 0.15) is 12.6 Å². The Labute approximate surface area is 175 Å². The Morgan fingerprint density at radius 1 is 1.10 bits per heavy atom. The molecule has 1 aliphatic rings. The van der Waals surface area contributed by atoms with Crippen LogP contribution in [0, 0.1) is 0 Å². The molecule has 0 aromatic heterocycles. The number of rotatable bonds is 8. The molecule has 0 aliphatic carbocycles. The Kier molecular flexibility index (Phi) is 6.93. The number of benzene rings is 2. The average molecular weight is 412 g/mol. The third-order valence-electron chi connectivity index (χ3n) is 4.91. The highest BCUT2D eigenvalue weighted by molar-refractivity contribution is 7.98. The van der Waals surface area contributed by atoms with E-state index in [1.807, 2.05) is 67.8 Å². The molecule has 0 saturated carbocycles. The Balaban J connectivity index is 1.56. The molecule has 4 amide bonds. The first-order valence-electron chi connectivity index (χ1n) is 9.55. The van der Waals surface area contributed by atoms with E-state index >= 15 is 0 Å². The standard InChI is InChI=1S/C22H25N3O3S/c1-15(16-8-10-18(11-9-16)17-6-4-3-5-7-17)23-20(26)14-25-21(27)19(12-13-29-2)24-22(25)28/h3-11,15,19H,12-14H2,1-2H3,(H,23,26)(H,24,28)/t15-,19-/m1/s1. The van der Waals surface area contributed by atoms with E-state index in [4.69, 9.17) is 0 Å². The van der Waals surface area contributed by atoms with Crippen LogP contribution in [0.3, 0.4) is 0 Å². The molecular formula is C22H25N3O3S. The summed E-state index contributed by atoms with van der Waals surface area (Å²) in [5, 5.41) is 5.51. The second-order valence-corrected chi connectivity index (χ2v) is 7.97. The number of carbonyl (C=O) groups excluding carboxylic acids is 3. The molecule has 2 N–H and O–H groups in total. The lowest BCUT2D eigenvalue weighted by Gasteiger charge is -2.18. The molecule has 0 unspecified atom stereocenters. The van der Waals surface area contributed by atoms with E-state index in [0.29, 0.717) is 6.42 Å². The first-order valence-corrected chi connectivity index (χ1v) is 10.9. The highest BCUT2D eigenvalue weighted by atomic mass is 32.2. The summed E-state index contributed by atoms with van der Waals surface area (Å²) in [6, 6.07) is 16.8. The van der Waals surface area contributed by atoms with Gasteiger partial charge in [0, 0.05) is 0 Å². The van der Waals surface area contributed by atoms with Gasteiger partial charge < -0.3 is 10.6 Å². The van der Waals surface area contributed by atoms with Gasteiger partial charge in [-0.2, -0.15) is 11.8 Å². The number of thioether (sulfide) groups is 1. The molecule has 2 aromatic rings. The van der Waals surface area contributed by atoms with Crippen molar-refractivity contribution in [2.45, 2.75) is 25.4 Å². The van der Waals surface area contributed by atoms with Gasteiger partial charge in [0.05, 0.1) is 6.04 Å². The molecule has 1 fully saturated rings. The summed E-state index contributed by atoms with van der Waals surface area (Å²) >= 11 is 1.61. The van der Waals surface area contributed by atoms with E-state index in [0.717, 1.165) is 27.3 Å². The van der Waals surface area contributed by atoms with Crippen molar-refractivity contribution in [1.82, 2.24) is 15.5 Å². The molecule has 2 atom stereocenters. The van der Waals surface area contributed by atoms with Crippen molar-refractivity contribution in [2.24, 2.45) is 0 Å². The maximum absolute atomic E-state index is 12.4. The van der Waals surface area contributed by atoms with Gasteiger partial charge in [-0.1, -0.05) is 54.6 Å². The van der Waals surface area contributed by atoms with Crippen molar-refractivity contribution in [3.63, 3.8) is 0 Å². The van der Waals surface area contributed by atoms with Crippen LogP contribution in [0.1, 0.15) is 24.9 Å². The van der Waals surface area contributed by atoms with Gasteiger partial charge in [0.25, 0.3) is 5.91 Å². The van der Waals surface area contributed by atoms with Crippen molar-refractivity contribution in [2.75, 3.05) is 18.6 Å². The summed E-state index contributed by atoms with van der Waals surface area (Å²) < 4.78 is 0. The van der Waals surface area contributed by atoms with E-state index in [1.54, 1.807) is 11.8 Å². The van der Waals surface area contributed by atoms with Gasteiger partial charge in [-0.25, -0.2) is 4.79 Å². The van der Waals surface area contributed by atoms with Crippen LogP contribution in [0.25, 0.3) is 11.1 Å². The Morgan fingerprint density at radius 3 is 2.41 bits per heavy atom. The first-order chi connectivity index (χ1) is 14.0. The topological polar surface area (TPSA) is 78.5 Å². The highest BCUT2D eigenvalue weighted by Gasteiger charge is 2.38. The fourth-order valence-electron chi connectivity index (χ4n) is 3.27. The van der Waals surface area contributed by atoms with Crippen molar-refractivity contribution in [3.05, 3.63) is 60.2 Å². The van der Waals surface area contributed by atoms with Crippen LogP contribution in [0.5, 0.6) is 0 Å². The molecule has 0 bridgehead atoms. The van der Waals surface area contributed by atoms with Gasteiger partial charge >= 0.3 is 6.03 Å². The summed E-state index contributed by atoms with van der Waals surface area (Å²) in [5.74, 6) is 0.0740. The van der Waals surface area contributed by atoms with E-state index in [-0.39, 0.29) is 24.4 Å². The summed E-state index contributed by atoms with van der Waals surface area (Å²) in [5.41, 5.74) is 3.18. The van der Waals surface area contributed by atoms with Crippen LogP contribution in [-0.4, -0.2) is 47.3 Å². The maximum atomic E-state index is 12.4. The van der Waals surface area contributed by atoms with E-state index in [1.165, 1.54) is 0 Å². The quantitative estimate of drug-likeness (QED) is 0.654. The SMILES string of the molecule is CSCC[C@H]1NC(=O)N(CC(=O)N[C@H](C)c2ccc(-c3ccccc3)cc2)C1=O. The van der Waals surface area contributed by atoms with Crippen LogP contribution >= 0.6 is 11.8 Å². The van der Waals surface area contributed by atoms with Crippen molar-refractivity contribution < 1.29 is 14.4 Å². The number of imide groups is 1. The van der Waals surface area contributed by atoms with Crippen LogP contribution < -0.4 is 10.6 Å². The summed E-state index contributed by atoms with van der Waals surface area (Å²) in [4.78, 5) is 37.8. The Bertz CT molecular complexity index is 871. The number of hydrogen-bond donors (Lipinski definition) is 2.